The monoisotopic (exact) mass is 294 g/mol. The van der Waals surface area contributed by atoms with Gasteiger partial charge in [-0.15, -0.1) is 0 Å². The van der Waals surface area contributed by atoms with Gasteiger partial charge in [0.25, 0.3) is 0 Å². The fraction of sp³-hybridized carbons (Fsp3) is 0.667. The summed E-state index contributed by atoms with van der Waals surface area (Å²) in [6, 6.07) is 7.89. The number of hydrogen-bond donors (Lipinski definition) is 1. The third-order valence-electron chi connectivity index (χ3n) is 3.85. The van der Waals surface area contributed by atoms with Crippen molar-refractivity contribution in [1.82, 2.24) is 0 Å². The lowest BCUT2D eigenvalue weighted by Gasteiger charge is -2.39. The van der Waals surface area contributed by atoms with Gasteiger partial charge >= 0.3 is 0 Å². The van der Waals surface area contributed by atoms with Crippen LogP contribution in [0, 0.1) is 10.8 Å². The van der Waals surface area contributed by atoms with Crippen LogP contribution < -0.4 is 4.74 Å². The van der Waals surface area contributed by atoms with Gasteiger partial charge in [-0.05, 0) is 34.9 Å². The van der Waals surface area contributed by atoms with Crippen molar-refractivity contribution in [2.24, 2.45) is 10.8 Å². The normalized spacial score (nSPS) is 14.0. The molecule has 0 aliphatic rings. The second-order valence-electron chi connectivity index (χ2n) is 7.41. The molecule has 1 atom stereocenters. The van der Waals surface area contributed by atoms with Crippen LogP contribution in [0.3, 0.4) is 0 Å². The average Bonchev–Trinajstić information content (AvgIpc) is 2.42. The number of hydrogen-bond acceptors (Lipinski definition) is 3. The Morgan fingerprint density at radius 2 is 1.81 bits per heavy atom. The highest BCUT2D eigenvalue weighted by molar-refractivity contribution is 5.27. The van der Waals surface area contributed by atoms with Crippen LogP contribution in [0.1, 0.15) is 46.6 Å². The van der Waals surface area contributed by atoms with Crippen molar-refractivity contribution in [2.45, 2.75) is 53.8 Å². The van der Waals surface area contributed by atoms with Crippen molar-refractivity contribution in [3.8, 4) is 5.75 Å². The number of ether oxygens (including phenoxy) is 2. The molecule has 0 saturated heterocycles. The first kappa shape index (κ1) is 18.0. The fourth-order valence-corrected chi connectivity index (χ4v) is 2.60. The Morgan fingerprint density at radius 1 is 1.14 bits per heavy atom. The first-order valence-corrected chi connectivity index (χ1v) is 7.55. The molecule has 120 valence electrons. The molecule has 1 aromatic rings. The smallest absolute Gasteiger partial charge is 0.119 e. The summed E-state index contributed by atoms with van der Waals surface area (Å²) in [5, 5.41) is 10.4. The molecule has 0 spiro atoms. The Bertz CT molecular complexity index is 432. The van der Waals surface area contributed by atoms with Gasteiger partial charge in [-0.25, -0.2) is 0 Å². The summed E-state index contributed by atoms with van der Waals surface area (Å²) in [6.07, 6.45) is 0.473. The molecule has 0 amide bonds. The van der Waals surface area contributed by atoms with Gasteiger partial charge in [-0.1, -0.05) is 46.8 Å². The maximum absolute atomic E-state index is 10.4. The lowest BCUT2D eigenvalue weighted by atomic mass is 9.71. The van der Waals surface area contributed by atoms with E-state index in [1.54, 1.807) is 7.11 Å². The van der Waals surface area contributed by atoms with Crippen LogP contribution in [0.4, 0.5) is 0 Å². The summed E-state index contributed by atoms with van der Waals surface area (Å²) in [5.74, 6) is 0.847. The zero-order valence-electron chi connectivity index (χ0n) is 14.3. The summed E-state index contributed by atoms with van der Waals surface area (Å²) in [7, 11) is 1.66. The summed E-state index contributed by atoms with van der Waals surface area (Å²) in [6.45, 7) is 11.6. The number of aliphatic hydroxyl groups is 1. The number of aliphatic hydroxyl groups excluding tert-OH is 1. The molecule has 0 bridgehead atoms. The van der Waals surface area contributed by atoms with Crippen LogP contribution in [0.2, 0.25) is 0 Å². The molecule has 3 heteroatoms. The highest BCUT2D eigenvalue weighted by Crippen LogP contribution is 2.36. The number of methoxy groups -OCH3 is 1. The van der Waals surface area contributed by atoms with Gasteiger partial charge < -0.3 is 14.6 Å². The predicted octanol–water partition coefficient (Wildman–Crippen LogP) is 4.04. The minimum absolute atomic E-state index is 0.115. The van der Waals surface area contributed by atoms with Gasteiger partial charge in [0.15, 0.2) is 0 Å². The average molecular weight is 294 g/mol. The van der Waals surface area contributed by atoms with Crippen LogP contribution in [-0.4, -0.2) is 24.9 Å². The van der Waals surface area contributed by atoms with Gasteiger partial charge in [0.05, 0.1) is 19.8 Å². The summed E-state index contributed by atoms with van der Waals surface area (Å²) in [4.78, 5) is 0. The molecule has 0 heterocycles. The maximum atomic E-state index is 10.4. The molecule has 1 aromatic carbocycles. The number of rotatable bonds is 7. The van der Waals surface area contributed by atoms with Crippen molar-refractivity contribution >= 4 is 0 Å². The molecule has 0 aliphatic carbocycles. The van der Waals surface area contributed by atoms with E-state index in [0.717, 1.165) is 17.7 Å². The molecule has 0 aromatic heterocycles. The molecule has 0 radical (unpaired) electrons. The van der Waals surface area contributed by atoms with Crippen LogP contribution in [0.25, 0.3) is 0 Å². The molecular weight excluding hydrogens is 264 g/mol. The predicted molar refractivity (Wildman–Crippen MR) is 86.5 cm³/mol. The molecular formula is C18H30O3. The van der Waals surface area contributed by atoms with E-state index >= 15 is 0 Å². The first-order valence-electron chi connectivity index (χ1n) is 7.55. The summed E-state index contributed by atoms with van der Waals surface area (Å²) in [5.41, 5.74) is 0.826. The van der Waals surface area contributed by atoms with E-state index in [-0.39, 0.29) is 16.9 Å². The Morgan fingerprint density at radius 3 is 2.38 bits per heavy atom. The second-order valence-corrected chi connectivity index (χ2v) is 7.41. The highest BCUT2D eigenvalue weighted by Gasteiger charge is 2.36. The van der Waals surface area contributed by atoms with Crippen molar-refractivity contribution in [2.75, 3.05) is 13.7 Å². The third-order valence-corrected chi connectivity index (χ3v) is 3.85. The zero-order chi connectivity index (χ0) is 16.1. The van der Waals surface area contributed by atoms with E-state index in [1.807, 2.05) is 24.3 Å². The van der Waals surface area contributed by atoms with E-state index in [2.05, 4.69) is 34.6 Å². The van der Waals surface area contributed by atoms with E-state index in [4.69, 9.17) is 9.47 Å². The molecule has 1 N–H and O–H groups in total. The molecule has 1 unspecified atom stereocenters. The van der Waals surface area contributed by atoms with Crippen molar-refractivity contribution < 1.29 is 14.6 Å². The lowest BCUT2D eigenvalue weighted by Crippen LogP contribution is -2.40. The molecule has 0 saturated carbocycles. The highest BCUT2D eigenvalue weighted by atomic mass is 16.5. The van der Waals surface area contributed by atoms with E-state index in [0.29, 0.717) is 13.2 Å². The maximum Gasteiger partial charge on any atom is 0.119 e. The minimum atomic E-state index is -0.356. The Hall–Kier alpha value is -1.06. The third kappa shape index (κ3) is 5.68. The Labute approximate surface area is 129 Å². The van der Waals surface area contributed by atoms with Crippen molar-refractivity contribution in [3.63, 3.8) is 0 Å². The lowest BCUT2D eigenvalue weighted by molar-refractivity contribution is -0.0490. The largest absolute Gasteiger partial charge is 0.497 e. The van der Waals surface area contributed by atoms with Gasteiger partial charge in [0, 0.05) is 6.61 Å². The summed E-state index contributed by atoms with van der Waals surface area (Å²) < 4.78 is 10.9. The second kappa shape index (κ2) is 7.28. The fourth-order valence-electron chi connectivity index (χ4n) is 2.60. The zero-order valence-corrected chi connectivity index (χ0v) is 14.3. The topological polar surface area (TPSA) is 38.7 Å². The Balaban J connectivity index is 2.42. The standard InChI is InChI=1S/C18H30O3/c1-17(2,3)16(19)18(4,5)10-11-21-13-14-8-7-9-15(12-14)20-6/h7-9,12,16,19H,10-11,13H2,1-6H3. The number of benzene rings is 1. The minimum Gasteiger partial charge on any atom is -0.497 e. The van der Waals surface area contributed by atoms with Crippen LogP contribution >= 0.6 is 0 Å². The van der Waals surface area contributed by atoms with Gasteiger partial charge in [0.1, 0.15) is 5.75 Å². The molecule has 0 fully saturated rings. The summed E-state index contributed by atoms with van der Waals surface area (Å²) >= 11 is 0. The van der Waals surface area contributed by atoms with Crippen LogP contribution in [-0.2, 0) is 11.3 Å². The van der Waals surface area contributed by atoms with Crippen molar-refractivity contribution in [3.05, 3.63) is 29.8 Å². The van der Waals surface area contributed by atoms with Crippen LogP contribution in [0.5, 0.6) is 5.75 Å². The first-order chi connectivity index (χ1) is 9.66. The van der Waals surface area contributed by atoms with Crippen molar-refractivity contribution in [1.29, 1.82) is 0 Å². The molecule has 3 nitrogen and oxygen atoms in total. The van der Waals surface area contributed by atoms with Gasteiger partial charge in [0.2, 0.25) is 0 Å². The van der Waals surface area contributed by atoms with Gasteiger partial charge in [-0.3, -0.25) is 0 Å². The van der Waals surface area contributed by atoms with E-state index in [9.17, 15) is 5.11 Å². The quantitative estimate of drug-likeness (QED) is 0.771. The Kier molecular flexibility index (Phi) is 6.24. The van der Waals surface area contributed by atoms with Gasteiger partial charge in [-0.2, -0.15) is 0 Å². The van der Waals surface area contributed by atoms with E-state index in [1.165, 1.54) is 0 Å². The molecule has 21 heavy (non-hydrogen) atoms. The van der Waals surface area contributed by atoms with E-state index < -0.39 is 0 Å². The van der Waals surface area contributed by atoms with Crippen LogP contribution in [0.15, 0.2) is 24.3 Å². The SMILES string of the molecule is COc1cccc(COCCC(C)(C)C(O)C(C)(C)C)c1. The molecule has 1 rings (SSSR count). The molecule has 0 aliphatic heterocycles.